The first-order valence-electron chi connectivity index (χ1n) is 6.37. The van der Waals surface area contributed by atoms with Crippen LogP contribution in [-0.2, 0) is 0 Å². The van der Waals surface area contributed by atoms with Gasteiger partial charge in [0, 0.05) is 35.8 Å². The van der Waals surface area contributed by atoms with Crippen molar-refractivity contribution in [2.45, 2.75) is 6.92 Å². The lowest BCUT2D eigenvalue weighted by molar-refractivity contribution is 0.102. The van der Waals surface area contributed by atoms with E-state index in [-0.39, 0.29) is 17.2 Å². The van der Waals surface area contributed by atoms with Gasteiger partial charge in [-0.15, -0.1) is 11.3 Å². The number of hydrogen-bond donors (Lipinski definition) is 2. The third-order valence-corrected chi connectivity index (χ3v) is 4.49. The van der Waals surface area contributed by atoms with Crippen LogP contribution < -0.4 is 11.5 Å². The Morgan fingerprint density at radius 1 is 1.41 bits per heavy atom. The summed E-state index contributed by atoms with van der Waals surface area (Å²) in [5.41, 5.74) is 13.9. The number of ketones is 1. The second-order valence-electron chi connectivity index (χ2n) is 4.68. The second-order valence-corrected chi connectivity index (χ2v) is 5.68. The average Bonchev–Trinajstić information content (AvgIpc) is 2.83. The number of carbonyl (C=O) groups is 1. The van der Waals surface area contributed by atoms with Gasteiger partial charge >= 0.3 is 0 Å². The van der Waals surface area contributed by atoms with Crippen molar-refractivity contribution < 1.29 is 4.79 Å². The molecule has 3 rings (SSSR count). The molecular weight excluding hydrogens is 298 g/mol. The zero-order valence-corrected chi connectivity index (χ0v) is 12.4. The number of nitriles is 1. The highest BCUT2D eigenvalue weighted by atomic mass is 32.1. The summed E-state index contributed by atoms with van der Waals surface area (Å²) in [5, 5.41) is 10.0. The Bertz CT molecular complexity index is 940. The largest absolute Gasteiger partial charge is 0.397 e. The van der Waals surface area contributed by atoms with Gasteiger partial charge in [-0.1, -0.05) is 6.07 Å². The van der Waals surface area contributed by atoms with Gasteiger partial charge in [-0.05, 0) is 6.07 Å². The molecule has 6 nitrogen and oxygen atoms in total. The Morgan fingerprint density at radius 3 is 2.77 bits per heavy atom. The summed E-state index contributed by atoms with van der Waals surface area (Å²) in [6.07, 6.45) is 3.26. The molecule has 3 heterocycles. The molecule has 0 aliphatic heterocycles. The van der Waals surface area contributed by atoms with Gasteiger partial charge in [-0.25, -0.2) is 4.98 Å². The summed E-state index contributed by atoms with van der Waals surface area (Å²) in [5.74, 6) is -0.0279. The van der Waals surface area contributed by atoms with Crippen LogP contribution in [0.4, 0.5) is 11.5 Å². The summed E-state index contributed by atoms with van der Waals surface area (Å²) in [6.45, 7) is 1.44. The number of anilines is 2. The van der Waals surface area contributed by atoms with Crippen LogP contribution in [0.5, 0.6) is 0 Å². The van der Waals surface area contributed by atoms with Gasteiger partial charge in [0.05, 0.1) is 10.6 Å². The fourth-order valence-corrected chi connectivity index (χ4v) is 3.35. The molecule has 0 aromatic carbocycles. The van der Waals surface area contributed by atoms with Gasteiger partial charge in [0.2, 0.25) is 0 Å². The molecule has 0 unspecified atom stereocenters. The van der Waals surface area contributed by atoms with E-state index in [1.807, 2.05) is 6.07 Å². The maximum absolute atomic E-state index is 11.7. The maximum Gasteiger partial charge on any atom is 0.171 e. The molecule has 108 valence electrons. The Kier molecular flexibility index (Phi) is 3.23. The third kappa shape index (κ3) is 1.98. The molecule has 0 aliphatic rings. The SMILES string of the molecule is CC(=O)c1sc2nc(N)c(C#N)c(-c3cccnc3)c2c1N. The van der Waals surface area contributed by atoms with Crippen molar-refractivity contribution in [3.63, 3.8) is 0 Å². The highest BCUT2D eigenvalue weighted by Crippen LogP contribution is 2.42. The van der Waals surface area contributed by atoms with Gasteiger partial charge in [-0.2, -0.15) is 5.26 Å². The zero-order chi connectivity index (χ0) is 15.9. The van der Waals surface area contributed by atoms with E-state index in [9.17, 15) is 10.1 Å². The minimum Gasteiger partial charge on any atom is -0.397 e. The Hall–Kier alpha value is -2.98. The van der Waals surface area contributed by atoms with E-state index >= 15 is 0 Å². The molecule has 0 spiro atoms. The summed E-state index contributed by atoms with van der Waals surface area (Å²) in [7, 11) is 0. The van der Waals surface area contributed by atoms with Crippen molar-refractivity contribution >= 4 is 38.8 Å². The summed E-state index contributed by atoms with van der Waals surface area (Å²) in [4.78, 5) is 21.0. The maximum atomic E-state index is 11.7. The molecule has 22 heavy (non-hydrogen) atoms. The molecule has 0 atom stereocenters. The van der Waals surface area contributed by atoms with Crippen molar-refractivity contribution in [1.29, 1.82) is 5.26 Å². The first kappa shape index (κ1) is 14.0. The van der Waals surface area contributed by atoms with Gasteiger partial charge < -0.3 is 11.5 Å². The molecule has 0 radical (unpaired) electrons. The Morgan fingerprint density at radius 2 is 2.18 bits per heavy atom. The molecule has 3 aromatic heterocycles. The van der Waals surface area contributed by atoms with Crippen LogP contribution in [0.25, 0.3) is 21.3 Å². The number of hydrogen-bond acceptors (Lipinski definition) is 7. The number of thiophene rings is 1. The molecule has 4 N–H and O–H groups in total. The van der Waals surface area contributed by atoms with Crippen LogP contribution in [0, 0.1) is 11.3 Å². The smallest absolute Gasteiger partial charge is 0.171 e. The second kappa shape index (κ2) is 5.09. The normalized spacial score (nSPS) is 10.5. The predicted octanol–water partition coefficient (Wildman–Crippen LogP) is 2.60. The zero-order valence-electron chi connectivity index (χ0n) is 11.6. The van der Waals surface area contributed by atoms with E-state index in [4.69, 9.17) is 11.5 Å². The molecule has 0 saturated heterocycles. The van der Waals surface area contributed by atoms with Crippen molar-refractivity contribution in [2.75, 3.05) is 11.5 Å². The van der Waals surface area contributed by atoms with Crippen molar-refractivity contribution in [3.05, 3.63) is 35.0 Å². The number of nitrogens with zero attached hydrogens (tertiary/aromatic N) is 3. The standard InChI is InChI=1S/C15H11N5OS/c1-7(21)13-12(17)11-10(8-3-2-4-19-6-8)9(5-16)14(18)20-15(11)22-13/h2-4,6H,17H2,1H3,(H2,18,20). The van der Waals surface area contributed by atoms with E-state index < -0.39 is 0 Å². The number of nitrogen functional groups attached to an aromatic ring is 2. The van der Waals surface area contributed by atoms with E-state index in [1.54, 1.807) is 18.5 Å². The topological polar surface area (TPSA) is 119 Å². The molecule has 0 aliphatic carbocycles. The Labute approximate surface area is 130 Å². The van der Waals surface area contributed by atoms with Crippen molar-refractivity contribution in [3.8, 4) is 17.2 Å². The number of nitrogens with two attached hydrogens (primary N) is 2. The Balaban J connectivity index is 2.52. The van der Waals surface area contributed by atoms with Crippen molar-refractivity contribution in [2.24, 2.45) is 0 Å². The molecule has 3 aromatic rings. The minimum atomic E-state index is -0.144. The molecule has 0 bridgehead atoms. The van der Waals surface area contributed by atoms with Crippen LogP contribution in [0.3, 0.4) is 0 Å². The van der Waals surface area contributed by atoms with Crippen LogP contribution >= 0.6 is 11.3 Å². The lowest BCUT2D eigenvalue weighted by Crippen LogP contribution is -2.00. The van der Waals surface area contributed by atoms with E-state index in [2.05, 4.69) is 16.0 Å². The third-order valence-electron chi connectivity index (χ3n) is 3.29. The minimum absolute atomic E-state index is 0.116. The molecule has 0 fully saturated rings. The number of fused-ring (bicyclic) bond motifs is 1. The van der Waals surface area contributed by atoms with Gasteiger partial charge in [0.15, 0.2) is 5.78 Å². The lowest BCUT2D eigenvalue weighted by atomic mass is 9.98. The van der Waals surface area contributed by atoms with Crippen molar-refractivity contribution in [1.82, 2.24) is 9.97 Å². The highest BCUT2D eigenvalue weighted by molar-refractivity contribution is 7.21. The fraction of sp³-hybridized carbons (Fsp3) is 0.0667. The number of carbonyl (C=O) groups excluding carboxylic acids is 1. The van der Waals surface area contributed by atoms with Crippen LogP contribution in [0.1, 0.15) is 22.2 Å². The number of aromatic nitrogens is 2. The van der Waals surface area contributed by atoms with E-state index in [1.165, 1.54) is 18.3 Å². The van der Waals surface area contributed by atoms with Gasteiger partial charge in [0.25, 0.3) is 0 Å². The number of pyridine rings is 2. The molecule has 0 amide bonds. The fourth-order valence-electron chi connectivity index (χ4n) is 2.34. The van der Waals surface area contributed by atoms with Crippen LogP contribution in [0.2, 0.25) is 0 Å². The summed E-state index contributed by atoms with van der Waals surface area (Å²) >= 11 is 1.18. The van der Waals surface area contributed by atoms with Gasteiger partial charge in [-0.3, -0.25) is 9.78 Å². The van der Waals surface area contributed by atoms with Crippen LogP contribution in [0.15, 0.2) is 24.5 Å². The monoisotopic (exact) mass is 309 g/mol. The number of rotatable bonds is 2. The van der Waals surface area contributed by atoms with Crippen LogP contribution in [-0.4, -0.2) is 15.8 Å². The molecular formula is C15H11N5OS. The van der Waals surface area contributed by atoms with E-state index in [0.717, 1.165) is 0 Å². The first-order chi connectivity index (χ1) is 10.5. The lowest BCUT2D eigenvalue weighted by Gasteiger charge is -2.08. The average molecular weight is 309 g/mol. The predicted molar refractivity (Wildman–Crippen MR) is 86.4 cm³/mol. The highest BCUT2D eigenvalue weighted by Gasteiger charge is 2.22. The van der Waals surface area contributed by atoms with E-state index in [0.29, 0.717) is 31.9 Å². The first-order valence-corrected chi connectivity index (χ1v) is 7.19. The quantitative estimate of drug-likeness (QED) is 0.702. The summed E-state index contributed by atoms with van der Waals surface area (Å²) in [6, 6.07) is 5.64. The van der Waals surface area contributed by atoms with Gasteiger partial charge in [0.1, 0.15) is 22.3 Å². The number of Topliss-reactive ketones (excluding diaryl/α,β-unsaturated/α-hetero) is 1. The summed E-state index contributed by atoms with van der Waals surface area (Å²) < 4.78 is 0. The molecule has 7 heteroatoms. The molecule has 0 saturated carbocycles.